The first-order valence-corrected chi connectivity index (χ1v) is 11.1. The standard InChI is InChI=1S/C29H27N3O/c1-21-10-11-28(22(2)16-21)23-12-13-30-29(18-23)24-6-4-8-26(17-24)33-27-9-5-7-25(19-27)32-15-14-31(3)20-32/h4-19H,20H2,1-3H3. The number of ether oxygens (including phenoxy) is 1. The summed E-state index contributed by atoms with van der Waals surface area (Å²) in [6.45, 7) is 5.11. The molecule has 1 aromatic heterocycles. The van der Waals surface area contributed by atoms with Gasteiger partial charge in [-0.25, -0.2) is 0 Å². The normalized spacial score (nSPS) is 12.9. The summed E-state index contributed by atoms with van der Waals surface area (Å²) in [7, 11) is 2.06. The van der Waals surface area contributed by atoms with Crippen molar-refractivity contribution >= 4 is 5.69 Å². The average Bonchev–Trinajstić information content (AvgIpc) is 3.26. The van der Waals surface area contributed by atoms with Gasteiger partial charge < -0.3 is 14.5 Å². The number of pyridine rings is 1. The molecule has 0 fully saturated rings. The van der Waals surface area contributed by atoms with Crippen LogP contribution in [0.2, 0.25) is 0 Å². The van der Waals surface area contributed by atoms with E-state index in [4.69, 9.17) is 4.74 Å². The highest BCUT2D eigenvalue weighted by molar-refractivity contribution is 5.73. The molecule has 0 unspecified atom stereocenters. The lowest BCUT2D eigenvalue weighted by atomic mass is 9.98. The van der Waals surface area contributed by atoms with Crippen molar-refractivity contribution in [2.75, 3.05) is 18.6 Å². The van der Waals surface area contributed by atoms with Gasteiger partial charge in [0.25, 0.3) is 0 Å². The summed E-state index contributed by atoms with van der Waals surface area (Å²) in [5.41, 5.74) is 7.99. The Bertz CT molecular complexity index is 1330. The molecule has 0 bridgehead atoms. The Labute approximate surface area is 195 Å². The maximum atomic E-state index is 6.22. The van der Waals surface area contributed by atoms with Crippen LogP contribution in [0.1, 0.15) is 11.1 Å². The number of hydrogen-bond acceptors (Lipinski definition) is 4. The van der Waals surface area contributed by atoms with E-state index in [9.17, 15) is 0 Å². The molecule has 0 N–H and O–H groups in total. The average molecular weight is 434 g/mol. The van der Waals surface area contributed by atoms with Crippen LogP contribution in [-0.2, 0) is 0 Å². The molecular formula is C29H27N3O. The predicted molar refractivity (Wildman–Crippen MR) is 135 cm³/mol. The van der Waals surface area contributed by atoms with E-state index < -0.39 is 0 Å². The molecule has 164 valence electrons. The summed E-state index contributed by atoms with van der Waals surface area (Å²) in [6, 6.07) is 27.0. The van der Waals surface area contributed by atoms with Crippen LogP contribution in [0.5, 0.6) is 11.5 Å². The van der Waals surface area contributed by atoms with Crippen LogP contribution < -0.4 is 9.64 Å². The predicted octanol–water partition coefficient (Wildman–Crippen LogP) is 7.01. The number of anilines is 1. The minimum Gasteiger partial charge on any atom is -0.457 e. The Kier molecular flexibility index (Phi) is 5.57. The zero-order valence-electron chi connectivity index (χ0n) is 19.2. The van der Waals surface area contributed by atoms with Crippen molar-refractivity contribution < 1.29 is 4.74 Å². The first kappa shape index (κ1) is 20.8. The minimum atomic E-state index is 0.789. The van der Waals surface area contributed by atoms with Crippen molar-refractivity contribution in [3.63, 3.8) is 0 Å². The van der Waals surface area contributed by atoms with E-state index in [2.05, 4.69) is 96.6 Å². The van der Waals surface area contributed by atoms with Gasteiger partial charge in [0.1, 0.15) is 11.5 Å². The first-order chi connectivity index (χ1) is 16.0. The Morgan fingerprint density at radius 3 is 2.39 bits per heavy atom. The number of rotatable bonds is 5. The molecule has 0 saturated heterocycles. The molecule has 1 aliphatic rings. The summed E-state index contributed by atoms with van der Waals surface area (Å²) in [6.07, 6.45) is 6.02. The zero-order valence-corrected chi connectivity index (χ0v) is 19.2. The highest BCUT2D eigenvalue weighted by Gasteiger charge is 2.12. The van der Waals surface area contributed by atoms with Crippen LogP contribution in [0.15, 0.2) is 97.5 Å². The summed E-state index contributed by atoms with van der Waals surface area (Å²) >= 11 is 0. The van der Waals surface area contributed by atoms with Gasteiger partial charge in [-0.3, -0.25) is 4.98 Å². The molecule has 4 heteroatoms. The van der Waals surface area contributed by atoms with Crippen molar-refractivity contribution in [1.82, 2.24) is 9.88 Å². The molecule has 0 saturated carbocycles. The van der Waals surface area contributed by atoms with Gasteiger partial charge >= 0.3 is 0 Å². The zero-order chi connectivity index (χ0) is 22.8. The van der Waals surface area contributed by atoms with Crippen LogP contribution >= 0.6 is 0 Å². The topological polar surface area (TPSA) is 28.6 Å². The Morgan fingerprint density at radius 1 is 0.788 bits per heavy atom. The highest BCUT2D eigenvalue weighted by Crippen LogP contribution is 2.31. The summed E-state index contributed by atoms with van der Waals surface area (Å²) in [4.78, 5) is 8.95. The van der Waals surface area contributed by atoms with Crippen LogP contribution in [0.25, 0.3) is 22.4 Å². The van der Waals surface area contributed by atoms with Gasteiger partial charge in [0, 0.05) is 43.0 Å². The van der Waals surface area contributed by atoms with E-state index in [0.717, 1.165) is 35.1 Å². The van der Waals surface area contributed by atoms with E-state index >= 15 is 0 Å². The molecule has 33 heavy (non-hydrogen) atoms. The first-order valence-electron chi connectivity index (χ1n) is 11.1. The molecule has 5 rings (SSSR count). The summed E-state index contributed by atoms with van der Waals surface area (Å²) in [5, 5.41) is 0. The fourth-order valence-electron chi connectivity index (χ4n) is 4.17. The number of benzene rings is 3. The van der Waals surface area contributed by atoms with E-state index in [1.165, 1.54) is 22.3 Å². The second-order valence-electron chi connectivity index (χ2n) is 8.54. The molecule has 0 atom stereocenters. The van der Waals surface area contributed by atoms with Gasteiger partial charge in [0.2, 0.25) is 0 Å². The SMILES string of the molecule is Cc1ccc(-c2ccnc(-c3cccc(Oc4cccc(N5C=CN(C)C5)c4)c3)c2)c(C)c1. The third-order valence-electron chi connectivity index (χ3n) is 5.84. The summed E-state index contributed by atoms with van der Waals surface area (Å²) < 4.78 is 6.22. The Balaban J connectivity index is 1.40. The van der Waals surface area contributed by atoms with Gasteiger partial charge in [0.15, 0.2) is 0 Å². The van der Waals surface area contributed by atoms with Gasteiger partial charge in [-0.2, -0.15) is 0 Å². The largest absolute Gasteiger partial charge is 0.457 e. The van der Waals surface area contributed by atoms with Crippen molar-refractivity contribution in [3.8, 4) is 33.9 Å². The molecule has 1 aliphatic heterocycles. The highest BCUT2D eigenvalue weighted by atomic mass is 16.5. The van der Waals surface area contributed by atoms with Crippen LogP contribution in [0, 0.1) is 13.8 Å². The molecule has 0 spiro atoms. The monoisotopic (exact) mass is 433 g/mol. The lowest BCUT2D eigenvalue weighted by molar-refractivity contribution is 0.481. The fraction of sp³-hybridized carbons (Fsp3) is 0.138. The van der Waals surface area contributed by atoms with Gasteiger partial charge in [-0.05, 0) is 66.9 Å². The Hall–Kier alpha value is -4.05. The lowest BCUT2D eigenvalue weighted by Gasteiger charge is -2.19. The van der Waals surface area contributed by atoms with E-state index in [1.807, 2.05) is 36.5 Å². The maximum absolute atomic E-state index is 6.22. The smallest absolute Gasteiger partial charge is 0.129 e. The van der Waals surface area contributed by atoms with Crippen molar-refractivity contribution in [1.29, 1.82) is 0 Å². The van der Waals surface area contributed by atoms with Crippen molar-refractivity contribution in [3.05, 3.63) is 109 Å². The van der Waals surface area contributed by atoms with Crippen molar-refractivity contribution in [2.24, 2.45) is 0 Å². The second-order valence-corrected chi connectivity index (χ2v) is 8.54. The number of aromatic nitrogens is 1. The third kappa shape index (κ3) is 4.60. The quantitative estimate of drug-likeness (QED) is 0.339. The molecule has 0 amide bonds. The van der Waals surface area contributed by atoms with E-state index in [1.54, 1.807) is 0 Å². The molecule has 0 aliphatic carbocycles. The number of aryl methyl sites for hydroxylation is 2. The fourth-order valence-corrected chi connectivity index (χ4v) is 4.17. The molecule has 3 aromatic carbocycles. The minimum absolute atomic E-state index is 0.789. The molecular weight excluding hydrogens is 406 g/mol. The van der Waals surface area contributed by atoms with Gasteiger partial charge in [0.05, 0.1) is 12.4 Å². The molecule has 4 nitrogen and oxygen atoms in total. The van der Waals surface area contributed by atoms with E-state index in [0.29, 0.717) is 0 Å². The second kappa shape index (κ2) is 8.83. The molecule has 0 radical (unpaired) electrons. The van der Waals surface area contributed by atoms with Crippen molar-refractivity contribution in [2.45, 2.75) is 13.8 Å². The number of nitrogens with zero attached hydrogens (tertiary/aromatic N) is 3. The van der Waals surface area contributed by atoms with E-state index in [-0.39, 0.29) is 0 Å². The lowest BCUT2D eigenvalue weighted by Crippen LogP contribution is -2.21. The van der Waals surface area contributed by atoms with Crippen LogP contribution in [0.4, 0.5) is 5.69 Å². The third-order valence-corrected chi connectivity index (χ3v) is 5.84. The van der Waals surface area contributed by atoms with Gasteiger partial charge in [-0.1, -0.05) is 42.0 Å². The Morgan fingerprint density at radius 2 is 1.61 bits per heavy atom. The molecule has 4 aromatic rings. The van der Waals surface area contributed by atoms with Gasteiger partial charge in [-0.15, -0.1) is 0 Å². The summed E-state index contributed by atoms with van der Waals surface area (Å²) in [5.74, 6) is 1.60. The molecule has 2 heterocycles. The van der Waals surface area contributed by atoms with Crippen LogP contribution in [-0.4, -0.2) is 23.6 Å². The number of hydrogen-bond donors (Lipinski definition) is 0. The maximum Gasteiger partial charge on any atom is 0.129 e. The van der Waals surface area contributed by atoms with Crippen LogP contribution in [0.3, 0.4) is 0 Å².